The van der Waals surface area contributed by atoms with E-state index in [4.69, 9.17) is 0 Å². The molecule has 0 saturated heterocycles. The van der Waals surface area contributed by atoms with Gasteiger partial charge >= 0.3 is 0 Å². The minimum absolute atomic E-state index is 1.00. The topological polar surface area (TPSA) is 12.0 Å². The van der Waals surface area contributed by atoms with Gasteiger partial charge in [-0.3, -0.25) is 0 Å². The largest absolute Gasteiger partial charge is 0.313 e. The van der Waals surface area contributed by atoms with Crippen molar-refractivity contribution in [3.05, 3.63) is 24.8 Å². The molecule has 1 N–H and O–H groups in total. The van der Waals surface area contributed by atoms with Gasteiger partial charge < -0.3 is 5.32 Å². The molecule has 0 aromatic rings. The Kier molecular flexibility index (Phi) is 8.96. The summed E-state index contributed by atoms with van der Waals surface area (Å²) in [5.41, 5.74) is 0. The molecule has 1 nitrogen and oxygen atoms in total. The average Bonchev–Trinajstić information content (AvgIpc) is 2.03. The molecule has 0 aliphatic carbocycles. The second kappa shape index (κ2) is 9.44. The fourth-order valence-corrected chi connectivity index (χ4v) is 0.842. The molecule has 0 radical (unpaired) electrons. The van der Waals surface area contributed by atoms with Crippen LogP contribution in [-0.2, 0) is 0 Å². The summed E-state index contributed by atoms with van der Waals surface area (Å²) in [4.78, 5) is 0. The number of rotatable bonds is 7. The van der Waals surface area contributed by atoms with Crippen LogP contribution in [0.4, 0.5) is 0 Å². The summed E-state index contributed by atoms with van der Waals surface area (Å²) in [7, 11) is 0. The quantitative estimate of drug-likeness (QED) is 0.438. The lowest BCUT2D eigenvalue weighted by atomic mass is 10.2. The minimum Gasteiger partial charge on any atom is -0.313 e. The molecule has 0 amide bonds. The molecule has 0 heterocycles. The predicted molar refractivity (Wildman–Crippen MR) is 51.7 cm³/mol. The van der Waals surface area contributed by atoms with Gasteiger partial charge in [-0.1, -0.05) is 18.2 Å². The lowest BCUT2D eigenvalue weighted by Crippen LogP contribution is -2.14. The van der Waals surface area contributed by atoms with Crippen LogP contribution in [-0.4, -0.2) is 13.1 Å². The first-order valence-electron chi connectivity index (χ1n) is 4.34. The molecule has 1 heteroatoms. The van der Waals surface area contributed by atoms with Crippen LogP contribution >= 0.6 is 0 Å². The van der Waals surface area contributed by atoms with Crippen LogP contribution in [0, 0.1) is 0 Å². The van der Waals surface area contributed by atoms with Gasteiger partial charge in [0.15, 0.2) is 0 Å². The fourth-order valence-electron chi connectivity index (χ4n) is 0.842. The number of hydrogen-bond acceptors (Lipinski definition) is 1. The SMILES string of the molecule is C=CCCCCNC/C=C/C. The van der Waals surface area contributed by atoms with Gasteiger partial charge in [0.1, 0.15) is 0 Å². The summed E-state index contributed by atoms with van der Waals surface area (Å²) in [6.45, 7) is 7.85. The van der Waals surface area contributed by atoms with Crippen LogP contribution in [0.2, 0.25) is 0 Å². The van der Waals surface area contributed by atoms with E-state index in [9.17, 15) is 0 Å². The molecule has 0 bridgehead atoms. The zero-order valence-corrected chi connectivity index (χ0v) is 7.47. The van der Waals surface area contributed by atoms with Gasteiger partial charge in [-0.15, -0.1) is 6.58 Å². The maximum Gasteiger partial charge on any atom is 0.0134 e. The molecule has 0 spiro atoms. The number of allylic oxidation sites excluding steroid dienone is 2. The molecule has 11 heavy (non-hydrogen) atoms. The Morgan fingerprint density at radius 3 is 2.82 bits per heavy atom. The molecule has 0 aromatic heterocycles. The highest BCUT2D eigenvalue weighted by atomic mass is 14.8. The molecular formula is C10H19N. The lowest BCUT2D eigenvalue weighted by Gasteiger charge is -1.98. The van der Waals surface area contributed by atoms with Gasteiger partial charge in [0, 0.05) is 6.54 Å². The first-order chi connectivity index (χ1) is 5.41. The molecule has 0 saturated carbocycles. The molecule has 0 aromatic carbocycles. The van der Waals surface area contributed by atoms with Crippen molar-refractivity contribution >= 4 is 0 Å². The molecule has 0 aliphatic heterocycles. The maximum absolute atomic E-state index is 3.68. The van der Waals surface area contributed by atoms with E-state index < -0.39 is 0 Å². The van der Waals surface area contributed by atoms with E-state index in [0.29, 0.717) is 0 Å². The third-order valence-electron chi connectivity index (χ3n) is 1.51. The Morgan fingerprint density at radius 2 is 2.18 bits per heavy atom. The van der Waals surface area contributed by atoms with E-state index in [1.54, 1.807) is 0 Å². The van der Waals surface area contributed by atoms with E-state index in [0.717, 1.165) is 19.5 Å². The average molecular weight is 153 g/mol. The second-order valence-corrected chi connectivity index (χ2v) is 2.56. The third-order valence-corrected chi connectivity index (χ3v) is 1.51. The second-order valence-electron chi connectivity index (χ2n) is 2.56. The Labute approximate surface area is 70.2 Å². The van der Waals surface area contributed by atoms with Crippen LogP contribution in [0.5, 0.6) is 0 Å². The zero-order valence-electron chi connectivity index (χ0n) is 7.47. The van der Waals surface area contributed by atoms with Crippen LogP contribution in [0.25, 0.3) is 0 Å². The molecule has 0 fully saturated rings. The van der Waals surface area contributed by atoms with E-state index in [2.05, 4.69) is 24.0 Å². The van der Waals surface area contributed by atoms with Crippen LogP contribution < -0.4 is 5.32 Å². The lowest BCUT2D eigenvalue weighted by molar-refractivity contribution is 0.661. The third kappa shape index (κ3) is 9.44. The summed E-state index contributed by atoms with van der Waals surface area (Å²) in [6, 6.07) is 0. The van der Waals surface area contributed by atoms with Crippen molar-refractivity contribution in [1.29, 1.82) is 0 Å². The summed E-state index contributed by atoms with van der Waals surface area (Å²) in [5.74, 6) is 0. The van der Waals surface area contributed by atoms with Gasteiger partial charge in [0.05, 0.1) is 0 Å². The normalized spacial score (nSPS) is 10.6. The number of unbranched alkanes of at least 4 members (excludes halogenated alkanes) is 2. The van der Waals surface area contributed by atoms with Crippen molar-refractivity contribution in [1.82, 2.24) is 5.32 Å². The van der Waals surface area contributed by atoms with Crippen molar-refractivity contribution < 1.29 is 0 Å². The van der Waals surface area contributed by atoms with Crippen LogP contribution in [0.15, 0.2) is 24.8 Å². The van der Waals surface area contributed by atoms with Crippen LogP contribution in [0.3, 0.4) is 0 Å². The molecule has 0 aliphatic rings. The van der Waals surface area contributed by atoms with Crippen molar-refractivity contribution in [3.63, 3.8) is 0 Å². The minimum atomic E-state index is 1.00. The Balaban J connectivity index is 2.84. The standard InChI is InChI=1S/C10H19N/c1-3-5-7-8-10-11-9-6-4-2/h3-4,6,11H,1,5,7-10H2,2H3/b6-4+. The van der Waals surface area contributed by atoms with E-state index in [-0.39, 0.29) is 0 Å². The Hall–Kier alpha value is -0.560. The van der Waals surface area contributed by atoms with Gasteiger partial charge in [0.2, 0.25) is 0 Å². The van der Waals surface area contributed by atoms with Gasteiger partial charge in [0.25, 0.3) is 0 Å². The molecule has 64 valence electrons. The molecule has 0 atom stereocenters. The summed E-state index contributed by atoms with van der Waals surface area (Å²) >= 11 is 0. The van der Waals surface area contributed by atoms with Gasteiger partial charge in [-0.05, 0) is 32.7 Å². The molecular weight excluding hydrogens is 134 g/mol. The predicted octanol–water partition coefficient (Wildman–Crippen LogP) is 2.51. The van der Waals surface area contributed by atoms with Crippen molar-refractivity contribution in [2.75, 3.05) is 13.1 Å². The highest BCUT2D eigenvalue weighted by molar-refractivity contribution is 4.79. The summed E-state index contributed by atoms with van der Waals surface area (Å²) in [5, 5.41) is 3.32. The van der Waals surface area contributed by atoms with E-state index >= 15 is 0 Å². The monoisotopic (exact) mass is 153 g/mol. The first-order valence-corrected chi connectivity index (χ1v) is 4.34. The Bertz CT molecular complexity index is 105. The number of hydrogen-bond donors (Lipinski definition) is 1. The fraction of sp³-hybridized carbons (Fsp3) is 0.600. The van der Waals surface area contributed by atoms with Gasteiger partial charge in [-0.25, -0.2) is 0 Å². The number of nitrogens with one attached hydrogen (secondary N) is 1. The Morgan fingerprint density at radius 1 is 1.36 bits per heavy atom. The molecule has 0 unspecified atom stereocenters. The van der Waals surface area contributed by atoms with Crippen molar-refractivity contribution in [2.45, 2.75) is 26.2 Å². The highest BCUT2D eigenvalue weighted by Crippen LogP contribution is 1.92. The summed E-state index contributed by atoms with van der Waals surface area (Å²) < 4.78 is 0. The summed E-state index contributed by atoms with van der Waals surface area (Å²) in [6.07, 6.45) is 9.83. The van der Waals surface area contributed by atoms with Crippen LogP contribution in [0.1, 0.15) is 26.2 Å². The molecule has 0 rings (SSSR count). The van der Waals surface area contributed by atoms with Gasteiger partial charge in [-0.2, -0.15) is 0 Å². The van der Waals surface area contributed by atoms with E-state index in [1.807, 2.05) is 13.0 Å². The van der Waals surface area contributed by atoms with E-state index in [1.165, 1.54) is 12.8 Å². The van der Waals surface area contributed by atoms with Crippen molar-refractivity contribution in [3.8, 4) is 0 Å². The maximum atomic E-state index is 3.68. The first kappa shape index (κ1) is 10.4. The zero-order chi connectivity index (χ0) is 8.36. The van der Waals surface area contributed by atoms with Crippen molar-refractivity contribution in [2.24, 2.45) is 0 Å². The highest BCUT2D eigenvalue weighted by Gasteiger charge is 1.83. The smallest absolute Gasteiger partial charge is 0.0134 e.